The molecule has 2 heterocycles. The van der Waals surface area contributed by atoms with E-state index in [1.165, 1.54) is 12.8 Å². The van der Waals surface area contributed by atoms with Crippen molar-refractivity contribution in [2.24, 2.45) is 5.92 Å². The molecule has 0 bridgehead atoms. The molecule has 0 radical (unpaired) electrons. The van der Waals surface area contributed by atoms with E-state index in [1.807, 2.05) is 24.3 Å². The fourth-order valence-electron chi connectivity index (χ4n) is 4.33. The van der Waals surface area contributed by atoms with Crippen molar-refractivity contribution >= 4 is 23.3 Å². The lowest BCUT2D eigenvalue weighted by Gasteiger charge is -2.29. The van der Waals surface area contributed by atoms with Crippen LogP contribution in [-0.4, -0.2) is 29.9 Å². The number of methoxy groups -OCH3 is 1. The van der Waals surface area contributed by atoms with E-state index in [1.54, 1.807) is 30.3 Å². The second kappa shape index (κ2) is 8.00. The van der Waals surface area contributed by atoms with Crippen molar-refractivity contribution in [1.82, 2.24) is 4.98 Å². The average Bonchev–Trinajstić information content (AvgIpc) is 3.33. The van der Waals surface area contributed by atoms with Crippen molar-refractivity contribution < 1.29 is 14.3 Å². The number of carbonyl (C=O) groups is 2. The molecule has 28 heavy (non-hydrogen) atoms. The summed E-state index contributed by atoms with van der Waals surface area (Å²) in [6.45, 7) is 0. The lowest BCUT2D eigenvalue weighted by atomic mass is 9.96. The SMILES string of the molecule is COc1ccc2c(c1)CC(=O)N2C(CC1CCCC1)C(=O)Nc1ccccn1. The van der Waals surface area contributed by atoms with Crippen molar-refractivity contribution in [2.75, 3.05) is 17.3 Å². The molecule has 0 spiro atoms. The zero-order valence-corrected chi connectivity index (χ0v) is 16.1. The first kappa shape index (κ1) is 18.5. The Bertz CT molecular complexity index is 863. The van der Waals surface area contributed by atoms with Crippen LogP contribution in [0.1, 0.15) is 37.7 Å². The summed E-state index contributed by atoms with van der Waals surface area (Å²) in [5.41, 5.74) is 1.72. The van der Waals surface area contributed by atoms with Crippen molar-refractivity contribution in [2.45, 2.75) is 44.6 Å². The van der Waals surface area contributed by atoms with E-state index in [2.05, 4.69) is 10.3 Å². The molecule has 1 aliphatic heterocycles. The van der Waals surface area contributed by atoms with Gasteiger partial charge in [-0.25, -0.2) is 4.98 Å². The third kappa shape index (κ3) is 3.72. The molecule has 1 aromatic heterocycles. The maximum absolute atomic E-state index is 13.2. The van der Waals surface area contributed by atoms with E-state index >= 15 is 0 Å². The third-order valence-electron chi connectivity index (χ3n) is 5.72. The zero-order valence-electron chi connectivity index (χ0n) is 16.1. The summed E-state index contributed by atoms with van der Waals surface area (Å²) in [6, 6.07) is 10.5. The molecule has 6 nitrogen and oxygen atoms in total. The smallest absolute Gasteiger partial charge is 0.248 e. The van der Waals surface area contributed by atoms with Gasteiger partial charge in [0.25, 0.3) is 0 Å². The molecule has 1 atom stereocenters. The van der Waals surface area contributed by atoms with Crippen molar-refractivity contribution in [3.05, 3.63) is 48.2 Å². The summed E-state index contributed by atoms with van der Waals surface area (Å²) < 4.78 is 5.29. The van der Waals surface area contributed by atoms with Gasteiger partial charge < -0.3 is 10.1 Å². The second-order valence-corrected chi connectivity index (χ2v) is 7.54. The van der Waals surface area contributed by atoms with Crippen LogP contribution in [0.4, 0.5) is 11.5 Å². The predicted octanol–water partition coefficient (Wildman–Crippen LogP) is 3.57. The van der Waals surface area contributed by atoms with Crippen LogP contribution in [0, 0.1) is 5.92 Å². The van der Waals surface area contributed by atoms with Crippen LogP contribution in [0.5, 0.6) is 5.75 Å². The molecule has 2 aliphatic rings. The lowest BCUT2D eigenvalue weighted by Crippen LogP contribution is -2.47. The van der Waals surface area contributed by atoms with E-state index in [4.69, 9.17) is 4.74 Å². The fourth-order valence-corrected chi connectivity index (χ4v) is 4.33. The van der Waals surface area contributed by atoms with Gasteiger partial charge in [0.15, 0.2) is 0 Å². The second-order valence-electron chi connectivity index (χ2n) is 7.54. The van der Waals surface area contributed by atoms with Gasteiger partial charge in [-0.3, -0.25) is 14.5 Å². The number of fused-ring (bicyclic) bond motifs is 1. The lowest BCUT2D eigenvalue weighted by molar-refractivity contribution is -0.123. The Hall–Kier alpha value is -2.89. The molecule has 1 N–H and O–H groups in total. The molecular formula is C22H25N3O3. The van der Waals surface area contributed by atoms with E-state index in [0.29, 0.717) is 24.6 Å². The first-order chi connectivity index (χ1) is 13.7. The maximum Gasteiger partial charge on any atom is 0.248 e. The number of ether oxygens (including phenoxy) is 1. The maximum atomic E-state index is 13.2. The van der Waals surface area contributed by atoms with Gasteiger partial charge in [-0.05, 0) is 48.2 Å². The molecule has 1 saturated carbocycles. The number of nitrogens with one attached hydrogen (secondary N) is 1. The minimum atomic E-state index is -0.535. The Morgan fingerprint density at radius 1 is 1.29 bits per heavy atom. The number of anilines is 2. The molecule has 1 fully saturated rings. The first-order valence-corrected chi connectivity index (χ1v) is 9.86. The van der Waals surface area contributed by atoms with Gasteiger partial charge >= 0.3 is 0 Å². The molecule has 1 unspecified atom stereocenters. The topological polar surface area (TPSA) is 71.5 Å². The van der Waals surface area contributed by atoms with Gasteiger partial charge in [0, 0.05) is 11.9 Å². The van der Waals surface area contributed by atoms with Crippen LogP contribution in [0.25, 0.3) is 0 Å². The van der Waals surface area contributed by atoms with Crippen molar-refractivity contribution in [3.8, 4) is 5.75 Å². The number of amides is 2. The number of carbonyl (C=O) groups excluding carboxylic acids is 2. The number of hydrogen-bond acceptors (Lipinski definition) is 4. The Morgan fingerprint density at radius 3 is 2.82 bits per heavy atom. The van der Waals surface area contributed by atoms with E-state index < -0.39 is 6.04 Å². The normalized spacial score (nSPS) is 17.5. The summed E-state index contributed by atoms with van der Waals surface area (Å²) in [5, 5.41) is 2.90. The largest absolute Gasteiger partial charge is 0.497 e. The number of pyridine rings is 1. The molecule has 6 heteroatoms. The number of nitrogens with zero attached hydrogens (tertiary/aromatic N) is 2. The van der Waals surface area contributed by atoms with Crippen LogP contribution in [0.3, 0.4) is 0 Å². The highest BCUT2D eigenvalue weighted by atomic mass is 16.5. The number of rotatable bonds is 6. The monoisotopic (exact) mass is 379 g/mol. The molecule has 1 aliphatic carbocycles. The Kier molecular flexibility index (Phi) is 5.28. The van der Waals surface area contributed by atoms with Crippen LogP contribution < -0.4 is 15.0 Å². The van der Waals surface area contributed by atoms with E-state index in [0.717, 1.165) is 29.8 Å². The summed E-state index contributed by atoms with van der Waals surface area (Å²) in [5.74, 6) is 1.48. The molecule has 0 saturated heterocycles. The van der Waals surface area contributed by atoms with Crippen molar-refractivity contribution in [3.63, 3.8) is 0 Å². The number of hydrogen-bond donors (Lipinski definition) is 1. The zero-order chi connectivity index (χ0) is 19.5. The Labute approximate surface area is 164 Å². The summed E-state index contributed by atoms with van der Waals surface area (Å²) in [7, 11) is 1.61. The third-order valence-corrected chi connectivity index (χ3v) is 5.72. The summed E-state index contributed by atoms with van der Waals surface area (Å²) in [4.78, 5) is 32.0. The first-order valence-electron chi connectivity index (χ1n) is 9.86. The van der Waals surface area contributed by atoms with Gasteiger partial charge in [-0.15, -0.1) is 0 Å². The molecule has 146 valence electrons. The van der Waals surface area contributed by atoms with Crippen molar-refractivity contribution in [1.29, 1.82) is 0 Å². The number of benzene rings is 1. The fraction of sp³-hybridized carbons (Fsp3) is 0.409. The standard InChI is InChI=1S/C22H25N3O3/c1-28-17-9-10-18-16(13-17)14-21(26)25(18)19(12-15-6-2-3-7-15)22(27)24-20-8-4-5-11-23-20/h4-5,8-11,13,15,19H,2-3,6-7,12,14H2,1H3,(H,23,24,27). The van der Waals surface area contributed by atoms with E-state index in [9.17, 15) is 9.59 Å². The van der Waals surface area contributed by atoms with E-state index in [-0.39, 0.29) is 11.8 Å². The molecule has 4 rings (SSSR count). The van der Waals surface area contributed by atoms with Gasteiger partial charge in [-0.2, -0.15) is 0 Å². The summed E-state index contributed by atoms with van der Waals surface area (Å²) in [6.07, 6.45) is 7.24. The van der Waals surface area contributed by atoms with Gasteiger partial charge in [0.1, 0.15) is 17.6 Å². The Balaban J connectivity index is 1.63. The highest BCUT2D eigenvalue weighted by molar-refractivity contribution is 6.09. The number of aromatic nitrogens is 1. The molecule has 1 aromatic carbocycles. The van der Waals surface area contributed by atoms with Crippen LogP contribution in [-0.2, 0) is 16.0 Å². The van der Waals surface area contributed by atoms with Gasteiger partial charge in [0.05, 0.1) is 13.5 Å². The van der Waals surface area contributed by atoms with Crippen LogP contribution in [0.2, 0.25) is 0 Å². The van der Waals surface area contributed by atoms with Crippen LogP contribution >= 0.6 is 0 Å². The Morgan fingerprint density at radius 2 is 2.11 bits per heavy atom. The minimum Gasteiger partial charge on any atom is -0.497 e. The predicted molar refractivity (Wildman–Crippen MR) is 107 cm³/mol. The quantitative estimate of drug-likeness (QED) is 0.833. The molecule has 2 amide bonds. The van der Waals surface area contributed by atoms with Gasteiger partial charge in [-0.1, -0.05) is 31.7 Å². The summed E-state index contributed by atoms with van der Waals surface area (Å²) >= 11 is 0. The molecular weight excluding hydrogens is 354 g/mol. The minimum absolute atomic E-state index is 0.0394. The average molecular weight is 379 g/mol. The molecule has 2 aromatic rings. The van der Waals surface area contributed by atoms with Gasteiger partial charge in [0.2, 0.25) is 11.8 Å². The highest BCUT2D eigenvalue weighted by Crippen LogP contribution is 2.37. The highest BCUT2D eigenvalue weighted by Gasteiger charge is 2.38. The van der Waals surface area contributed by atoms with Crippen LogP contribution in [0.15, 0.2) is 42.6 Å².